The van der Waals surface area contributed by atoms with E-state index in [0.717, 1.165) is 10.1 Å². The summed E-state index contributed by atoms with van der Waals surface area (Å²) in [5, 5.41) is 3.92. The first-order chi connectivity index (χ1) is 6.95. The molecule has 0 unspecified atom stereocenters. The Kier molecular flexibility index (Phi) is 4.05. The summed E-state index contributed by atoms with van der Waals surface area (Å²) in [4.78, 5) is 14.1. The fraction of sp³-hybridized carbons (Fsp3) is 0.700. The zero-order valence-corrected chi connectivity index (χ0v) is 11.5. The van der Waals surface area contributed by atoms with E-state index in [2.05, 4.69) is 9.19 Å². The first-order valence-electron chi connectivity index (χ1n) is 5.06. The molecule has 0 atom stereocenters. The van der Waals surface area contributed by atoms with Gasteiger partial charge in [-0.05, 0) is 0 Å². The number of rotatable bonds is 3. The van der Waals surface area contributed by atoms with Gasteiger partial charge >= 0.3 is 96.4 Å². The molecule has 5 heteroatoms. The molecule has 1 aromatic rings. The number of carbonyl (C=O) groups is 1. The molecular weight excluding hydrogens is 257 g/mol. The molecule has 4 nitrogen and oxygen atoms in total. The van der Waals surface area contributed by atoms with Crippen molar-refractivity contribution in [2.75, 3.05) is 0 Å². The van der Waals surface area contributed by atoms with Crippen molar-refractivity contribution < 1.29 is 4.79 Å². The van der Waals surface area contributed by atoms with Gasteiger partial charge in [0.25, 0.3) is 0 Å². The van der Waals surface area contributed by atoms with Crippen molar-refractivity contribution in [1.82, 2.24) is 14.1 Å². The van der Waals surface area contributed by atoms with Crippen LogP contribution >= 0.6 is 0 Å². The molecule has 1 heterocycles. The Balaban J connectivity index is 2.96. The van der Waals surface area contributed by atoms with Crippen molar-refractivity contribution in [1.29, 1.82) is 0 Å². The quantitative estimate of drug-likeness (QED) is 0.775. The van der Waals surface area contributed by atoms with Gasteiger partial charge in [-0.2, -0.15) is 0 Å². The molecule has 1 amide bonds. The second kappa shape index (κ2) is 4.90. The van der Waals surface area contributed by atoms with Crippen LogP contribution in [0.15, 0.2) is 0 Å². The molecule has 0 fully saturated rings. The molecule has 0 bridgehead atoms. The van der Waals surface area contributed by atoms with E-state index in [1.807, 2.05) is 39.5 Å². The fourth-order valence-corrected chi connectivity index (χ4v) is 2.87. The predicted molar refractivity (Wildman–Crippen MR) is 60.2 cm³/mol. The molecule has 0 spiro atoms. The SMILES string of the molecule is Cc1nn[se]c1C(=O)N(C(C)C)C(C)C. The van der Waals surface area contributed by atoms with Crippen molar-refractivity contribution in [3.05, 3.63) is 10.1 Å². The molecule has 1 aromatic heterocycles. The van der Waals surface area contributed by atoms with Crippen LogP contribution in [0.3, 0.4) is 0 Å². The van der Waals surface area contributed by atoms with Crippen LogP contribution in [-0.4, -0.2) is 46.8 Å². The van der Waals surface area contributed by atoms with E-state index in [9.17, 15) is 4.79 Å². The molecule has 0 aliphatic carbocycles. The van der Waals surface area contributed by atoms with Crippen molar-refractivity contribution in [3.63, 3.8) is 0 Å². The van der Waals surface area contributed by atoms with Gasteiger partial charge in [0, 0.05) is 0 Å². The summed E-state index contributed by atoms with van der Waals surface area (Å²) in [5.41, 5.74) is 0.784. The topological polar surface area (TPSA) is 46.1 Å². The third-order valence-electron chi connectivity index (χ3n) is 2.19. The van der Waals surface area contributed by atoms with Crippen LogP contribution < -0.4 is 0 Å². The molecule has 0 aromatic carbocycles. The Bertz CT molecular complexity index is 338. The van der Waals surface area contributed by atoms with E-state index < -0.39 is 0 Å². The van der Waals surface area contributed by atoms with Gasteiger partial charge in [-0.25, -0.2) is 0 Å². The van der Waals surface area contributed by atoms with E-state index in [-0.39, 0.29) is 32.7 Å². The second-order valence-electron chi connectivity index (χ2n) is 4.09. The Labute approximate surface area is 96.7 Å². The van der Waals surface area contributed by atoms with Crippen LogP contribution in [-0.2, 0) is 0 Å². The normalized spacial score (nSPS) is 11.1. The van der Waals surface area contributed by atoms with Crippen LogP contribution in [0.25, 0.3) is 0 Å². The average Bonchev–Trinajstić information content (AvgIpc) is 2.49. The minimum absolute atomic E-state index is 0.0995. The van der Waals surface area contributed by atoms with Gasteiger partial charge in [-0.3, -0.25) is 0 Å². The minimum atomic E-state index is -0.122. The molecule has 1 rings (SSSR count). The number of aryl methyl sites for hydroxylation is 1. The zero-order chi connectivity index (χ0) is 11.6. The Morgan fingerprint density at radius 2 is 1.80 bits per heavy atom. The molecule has 0 N–H and O–H groups in total. The van der Waals surface area contributed by atoms with Crippen molar-refractivity contribution >= 4 is 20.6 Å². The first-order valence-corrected chi connectivity index (χ1v) is 6.69. The van der Waals surface area contributed by atoms with E-state index in [1.54, 1.807) is 0 Å². The van der Waals surface area contributed by atoms with Crippen LogP contribution in [0.1, 0.15) is 42.6 Å². The monoisotopic (exact) mass is 275 g/mol. The van der Waals surface area contributed by atoms with Gasteiger partial charge in [0.05, 0.1) is 0 Å². The number of nitrogens with zero attached hydrogens (tertiary/aromatic N) is 3. The van der Waals surface area contributed by atoms with Crippen molar-refractivity contribution in [3.8, 4) is 0 Å². The number of carbonyl (C=O) groups excluding carboxylic acids is 1. The van der Waals surface area contributed by atoms with Crippen LogP contribution in [0.2, 0.25) is 0 Å². The molecule has 84 valence electrons. The molecule has 15 heavy (non-hydrogen) atoms. The van der Waals surface area contributed by atoms with Crippen LogP contribution in [0.5, 0.6) is 0 Å². The third kappa shape index (κ3) is 2.67. The molecule has 0 aliphatic rings. The Hall–Kier alpha value is -0.671. The number of aromatic nitrogens is 2. The Morgan fingerprint density at radius 1 is 1.27 bits per heavy atom. The zero-order valence-electron chi connectivity index (χ0n) is 9.81. The maximum atomic E-state index is 12.2. The number of hydrogen-bond donors (Lipinski definition) is 0. The standard InChI is InChI=1S/C10H17N3OSe/c1-6(2)13(7(3)4)10(14)9-8(5)11-12-15-9/h6-7H,1-5H3. The fourth-order valence-electron chi connectivity index (χ4n) is 1.61. The van der Waals surface area contributed by atoms with Gasteiger partial charge in [-0.15, -0.1) is 0 Å². The molecule has 0 saturated carbocycles. The van der Waals surface area contributed by atoms with Gasteiger partial charge in [0.1, 0.15) is 0 Å². The Morgan fingerprint density at radius 3 is 2.13 bits per heavy atom. The van der Waals surface area contributed by atoms with Crippen molar-refractivity contribution in [2.45, 2.75) is 46.7 Å². The summed E-state index contributed by atoms with van der Waals surface area (Å²) in [6.45, 7) is 9.98. The van der Waals surface area contributed by atoms with Crippen LogP contribution in [0, 0.1) is 6.92 Å². The maximum absolute atomic E-state index is 12.2. The second-order valence-corrected chi connectivity index (χ2v) is 5.67. The average molecular weight is 274 g/mol. The van der Waals surface area contributed by atoms with E-state index in [4.69, 9.17) is 0 Å². The summed E-state index contributed by atoms with van der Waals surface area (Å²) in [7, 11) is 0. The predicted octanol–water partition coefficient (Wildman–Crippen LogP) is 1.10. The third-order valence-corrected chi connectivity index (χ3v) is 3.90. The van der Waals surface area contributed by atoms with Gasteiger partial charge in [0.2, 0.25) is 0 Å². The molecular formula is C10H17N3OSe. The molecule has 0 radical (unpaired) electrons. The van der Waals surface area contributed by atoms with Crippen molar-refractivity contribution in [2.24, 2.45) is 0 Å². The summed E-state index contributed by atoms with van der Waals surface area (Å²) in [6, 6.07) is 0.434. The van der Waals surface area contributed by atoms with Gasteiger partial charge in [0.15, 0.2) is 0 Å². The number of hydrogen-bond acceptors (Lipinski definition) is 3. The summed E-state index contributed by atoms with van der Waals surface area (Å²) in [5.74, 6) is 0.0995. The first kappa shape index (κ1) is 12.4. The molecule has 0 aliphatic heterocycles. The van der Waals surface area contributed by atoms with E-state index in [0.29, 0.717) is 0 Å². The summed E-state index contributed by atoms with van der Waals surface area (Å²) < 4.78 is 4.73. The van der Waals surface area contributed by atoms with Gasteiger partial charge < -0.3 is 0 Å². The van der Waals surface area contributed by atoms with Crippen LogP contribution in [0.4, 0.5) is 0 Å². The van der Waals surface area contributed by atoms with E-state index in [1.165, 1.54) is 0 Å². The molecule has 0 saturated heterocycles. The number of amides is 1. The van der Waals surface area contributed by atoms with Gasteiger partial charge in [-0.1, -0.05) is 0 Å². The van der Waals surface area contributed by atoms with E-state index >= 15 is 0 Å². The summed E-state index contributed by atoms with van der Waals surface area (Å²) >= 11 is -0.122. The summed E-state index contributed by atoms with van der Waals surface area (Å²) in [6.07, 6.45) is 0.